The molecule has 0 saturated carbocycles. The van der Waals surface area contributed by atoms with Gasteiger partial charge >= 0.3 is 0 Å². The van der Waals surface area contributed by atoms with Gasteiger partial charge in [0.05, 0.1) is 77.3 Å². The number of hydrogen-bond acceptors (Lipinski definition) is 18. The highest BCUT2D eigenvalue weighted by Gasteiger charge is 2.29. The molecule has 9 heterocycles. The molecular weight excluding hydrogens is 1420 g/mol. The van der Waals surface area contributed by atoms with Gasteiger partial charge in [-0.1, -0.05) is 241 Å². The highest BCUT2D eigenvalue weighted by atomic mass is 32.1. The molecule has 0 N–H and O–H groups in total. The van der Waals surface area contributed by atoms with Gasteiger partial charge in [-0.15, -0.1) is 0 Å². The van der Waals surface area contributed by atoms with Crippen LogP contribution in [0.15, 0.2) is 331 Å². The molecule has 3 unspecified atom stereocenters. The Morgan fingerprint density at radius 1 is 0.363 bits per heavy atom. The van der Waals surface area contributed by atoms with Gasteiger partial charge in [-0.05, 0) is 135 Å². The third-order valence-electron chi connectivity index (χ3n) is 17.1. The van der Waals surface area contributed by atoms with E-state index in [0.717, 1.165) is 79.4 Å². The first-order valence-corrected chi connectivity index (χ1v) is 38.3. The van der Waals surface area contributed by atoms with Crippen LogP contribution in [0.3, 0.4) is 0 Å². The Morgan fingerprint density at radius 3 is 1.09 bits per heavy atom. The van der Waals surface area contributed by atoms with Crippen molar-refractivity contribution in [1.29, 1.82) is 0 Å². The first-order chi connectivity index (χ1) is 54.7. The number of aliphatic imine (C=N–C) groups is 9. The summed E-state index contributed by atoms with van der Waals surface area (Å²) >= 11 is 0. The fourth-order valence-corrected chi connectivity index (χ4v) is 11.0. The largest absolute Gasteiger partial charge is 0.472 e. The number of hydrogen-bond donors (Lipinski definition) is 0. The van der Waals surface area contributed by atoms with Crippen molar-refractivity contribution in [2.75, 3.05) is 52.6 Å². The quantitative estimate of drug-likeness (QED) is 0.0415. The highest BCUT2D eigenvalue weighted by Crippen LogP contribution is 2.21. The molecule has 6 aromatic carbocycles. The molecule has 11 aromatic rings. The minimum absolute atomic E-state index is 0. The molecule has 4 aliphatic rings. The number of nitrogens with zero attached hydrogens (tertiary/aromatic N) is 14. The lowest BCUT2D eigenvalue weighted by Crippen LogP contribution is -2.14. The zero-order valence-electron chi connectivity index (χ0n) is 64.9. The van der Waals surface area contributed by atoms with Crippen molar-refractivity contribution in [3.05, 3.63) is 342 Å². The van der Waals surface area contributed by atoms with E-state index >= 15 is 0 Å². The van der Waals surface area contributed by atoms with Crippen molar-refractivity contribution in [2.45, 2.75) is 117 Å². The molecule has 19 heteroatoms. The predicted molar refractivity (Wildman–Crippen MR) is 474 cm³/mol. The molecule has 0 saturated heterocycles. The van der Waals surface area contributed by atoms with E-state index in [0.29, 0.717) is 50.0 Å². The number of rotatable bonds is 24. The maximum absolute atomic E-state index is 5.71. The van der Waals surface area contributed by atoms with Crippen molar-refractivity contribution in [1.82, 2.24) is 24.9 Å². The summed E-state index contributed by atoms with van der Waals surface area (Å²) < 4.78 is 21.7. The molecule has 0 bridgehead atoms. The molecule has 5 aromatic heterocycles. The van der Waals surface area contributed by atoms with Gasteiger partial charge in [-0.2, -0.15) is 13.5 Å². The van der Waals surface area contributed by atoms with Gasteiger partial charge in [0.1, 0.15) is 26.4 Å². The summed E-state index contributed by atoms with van der Waals surface area (Å²) in [5, 5.41) is 1.18. The average molecular weight is 1530 g/mol. The summed E-state index contributed by atoms with van der Waals surface area (Å²) in [6.45, 7) is 16.4. The number of para-hydroxylation sites is 1. The molecule has 0 radical (unpaired) electrons. The van der Waals surface area contributed by atoms with Gasteiger partial charge < -0.3 is 18.9 Å². The van der Waals surface area contributed by atoms with Crippen LogP contribution in [0.1, 0.15) is 149 Å². The summed E-state index contributed by atoms with van der Waals surface area (Å²) in [7, 11) is 0. The van der Waals surface area contributed by atoms with Gasteiger partial charge in [0.25, 0.3) is 23.6 Å². The smallest absolute Gasteiger partial charge is 0.273 e. The van der Waals surface area contributed by atoms with Crippen LogP contribution in [0, 0.1) is 0 Å². The van der Waals surface area contributed by atoms with Crippen molar-refractivity contribution < 1.29 is 18.9 Å². The van der Waals surface area contributed by atoms with Crippen LogP contribution >= 0.6 is 13.5 Å². The molecule has 15 rings (SSSR count). The lowest BCUT2D eigenvalue weighted by Gasteiger charge is -2.05. The number of pyridine rings is 5. The second kappa shape index (κ2) is 52.9. The number of ether oxygens (including phenoxy) is 4. The van der Waals surface area contributed by atoms with E-state index in [1.165, 1.54) is 58.9 Å². The van der Waals surface area contributed by atoms with E-state index in [-0.39, 0.29) is 51.1 Å². The average Bonchev–Trinajstić information content (AvgIpc) is 1.76. The Hall–Kier alpha value is -12.1. The molecule has 18 nitrogen and oxygen atoms in total. The molecule has 4 aliphatic heterocycles. The van der Waals surface area contributed by atoms with Crippen molar-refractivity contribution in [2.24, 2.45) is 44.9 Å². The summed E-state index contributed by atoms with van der Waals surface area (Å²) in [6.07, 6.45) is 24.0. The highest BCUT2D eigenvalue weighted by molar-refractivity contribution is 7.59. The zero-order chi connectivity index (χ0) is 77.2. The Bertz CT molecular complexity index is 4360. The lowest BCUT2D eigenvalue weighted by molar-refractivity contribution is 0.293. The van der Waals surface area contributed by atoms with E-state index < -0.39 is 0 Å². The third kappa shape index (κ3) is 34.0. The van der Waals surface area contributed by atoms with Crippen LogP contribution in [0.2, 0.25) is 0 Å². The van der Waals surface area contributed by atoms with E-state index in [1.54, 1.807) is 24.8 Å². The van der Waals surface area contributed by atoms with Crippen molar-refractivity contribution in [3.63, 3.8) is 0 Å². The Balaban J connectivity index is 0.000000185. The predicted octanol–water partition coefficient (Wildman–Crippen LogP) is 19.6. The number of fused-ring (bicyclic) bond motifs is 1. The van der Waals surface area contributed by atoms with Gasteiger partial charge in [-0.3, -0.25) is 44.9 Å². The summed E-state index contributed by atoms with van der Waals surface area (Å²) in [5.41, 5.74) is 11.8. The Kier molecular flexibility index (Phi) is 41.3. The van der Waals surface area contributed by atoms with Crippen LogP contribution in [0.25, 0.3) is 10.9 Å². The lowest BCUT2D eigenvalue weighted by atomic mass is 10.1. The molecule has 0 amide bonds. The van der Waals surface area contributed by atoms with E-state index in [2.05, 4.69) is 177 Å². The number of aromatic nitrogens is 5. The third-order valence-corrected chi connectivity index (χ3v) is 17.1. The zero-order valence-corrected chi connectivity index (χ0v) is 65.9. The van der Waals surface area contributed by atoms with Gasteiger partial charge in [0, 0.05) is 74.3 Å². The maximum atomic E-state index is 5.71. The summed E-state index contributed by atoms with van der Waals surface area (Å²) in [5.74, 6) is 2.29. The fraction of sp³-hybridized carbons (Fsp3) is 0.277. The molecule has 584 valence electrons. The number of unbranched alkanes of at least 4 members (excludes halogenated alkanes) is 3. The Labute approximate surface area is 675 Å². The molecule has 5 atom stereocenters. The van der Waals surface area contributed by atoms with Gasteiger partial charge in [-0.25, -0.2) is 25.0 Å². The van der Waals surface area contributed by atoms with Crippen LogP contribution in [-0.2, 0) is 31.8 Å². The summed E-state index contributed by atoms with van der Waals surface area (Å²) in [6, 6.07) is 87.7. The van der Waals surface area contributed by atoms with Gasteiger partial charge in [0.2, 0.25) is 0 Å². The first-order valence-electron chi connectivity index (χ1n) is 38.3. The first kappa shape index (κ1) is 88.1. The van der Waals surface area contributed by atoms with Crippen molar-refractivity contribution in [3.8, 4) is 0 Å². The fourth-order valence-electron chi connectivity index (χ4n) is 11.0. The minimum Gasteiger partial charge on any atom is -0.472 e. The number of benzene rings is 6. The minimum atomic E-state index is 0. The van der Waals surface area contributed by atoms with Crippen LogP contribution in [-0.4, -0.2) is 144 Å². The van der Waals surface area contributed by atoms with Crippen molar-refractivity contribution >= 4 is 79.1 Å². The second-order valence-electron chi connectivity index (χ2n) is 25.9. The van der Waals surface area contributed by atoms with Crippen LogP contribution in [0.5, 0.6) is 0 Å². The standard InChI is InChI=1S/C20H20N2O2.C15H18N2.3C14H14N2.C10H14N2.C6H8N2O2.CH4.H2S/c1-3-7-15(8-4-1)11-17-13-23-19(21-17)20-22-18(14-24-20)12-16-9-5-2-6-10-16;1-2-3-6-11-16-12-14-10-9-13-7-4-5-8-15(13)17-14;3*1-12(13-7-3-2-4-8-13)16-11-14-9-5-6-10-15-14;1-2-3-7-11-9-10-6-4-5-8-12-10;1-3-9-5(7-1)6-8-2-4-10-6;;/h1-10,17-18H,11-14H2;4-5,7-10,12H,2-3,6,11H2,1H3;3*2-12H,1H3;4-6,8-9H,2-3,7H2,1H3;1-4H2;1H4;1H2/t17-,18+;;;;;;;;. The molecule has 0 spiro atoms. The normalized spacial score (nSPS) is 15.1. The SMILES string of the molecule is C.C1COC(C2=NCCO2)=N1.CC(N=Cc1ccccn1)c1ccccc1.CC(N=Cc1ccccn1)c1ccccc1.CC(N=Cc1ccccn1)c1ccccc1.CCCCCN=Cc1ccc2ccccc2n1.CCCCN=Cc1ccccn1.S.c1ccc(C[C@H]2COC(C3=N[C@H](Cc4ccccc4)CO3)=N2)cc1. The molecule has 113 heavy (non-hydrogen) atoms. The van der Waals surface area contributed by atoms with E-state index in [1.807, 2.05) is 219 Å². The van der Waals surface area contributed by atoms with E-state index in [9.17, 15) is 0 Å². The molecular formula is C94H108N14O4S. The van der Waals surface area contributed by atoms with Crippen LogP contribution < -0.4 is 0 Å². The van der Waals surface area contributed by atoms with E-state index in [4.69, 9.17) is 18.9 Å². The van der Waals surface area contributed by atoms with Gasteiger partial charge in [0.15, 0.2) is 0 Å². The molecule has 0 aliphatic carbocycles. The second-order valence-corrected chi connectivity index (χ2v) is 25.9. The van der Waals surface area contributed by atoms with Crippen LogP contribution in [0.4, 0.5) is 0 Å². The Morgan fingerprint density at radius 2 is 0.717 bits per heavy atom. The summed E-state index contributed by atoms with van der Waals surface area (Å²) in [4.78, 5) is 60.7. The topological polar surface area (TPSA) is 213 Å². The maximum Gasteiger partial charge on any atom is 0.273 e. The monoisotopic (exact) mass is 1530 g/mol. The molecule has 0 fully saturated rings.